The van der Waals surface area contributed by atoms with E-state index in [4.69, 9.17) is 0 Å². The van der Waals surface area contributed by atoms with Gasteiger partial charge in [0.15, 0.2) is 0 Å². The molecule has 1 N–H and O–H groups in total. The highest BCUT2D eigenvalue weighted by Crippen LogP contribution is 2.39. The monoisotopic (exact) mass is 254 g/mol. The number of halogens is 3. The minimum atomic E-state index is -4.34. The molecule has 0 atom stereocenters. The Labute approximate surface area is 97.9 Å². The van der Waals surface area contributed by atoms with E-state index in [0.717, 1.165) is 19.3 Å². The Morgan fingerprint density at radius 1 is 1.24 bits per heavy atom. The Morgan fingerprint density at radius 2 is 1.82 bits per heavy atom. The summed E-state index contributed by atoms with van der Waals surface area (Å²) >= 11 is 0. The third kappa shape index (κ3) is 4.53. The number of aliphatic carboxylic acids is 1. The molecular weight excluding hydrogens is 237 g/mol. The van der Waals surface area contributed by atoms with Gasteiger partial charge in [0, 0.05) is 6.61 Å². The zero-order chi connectivity index (χ0) is 12.9. The van der Waals surface area contributed by atoms with Gasteiger partial charge in [-0.1, -0.05) is 19.3 Å². The number of alkyl halides is 3. The van der Waals surface area contributed by atoms with Gasteiger partial charge in [0.05, 0.1) is 5.41 Å². The molecule has 0 aromatic carbocycles. The van der Waals surface area contributed by atoms with Crippen LogP contribution in [-0.4, -0.2) is 30.5 Å². The molecular formula is C11H17F3O3. The lowest BCUT2D eigenvalue weighted by Gasteiger charge is -2.33. The maximum absolute atomic E-state index is 11.8. The molecule has 0 aliphatic heterocycles. The van der Waals surface area contributed by atoms with Crippen molar-refractivity contribution in [2.75, 3.05) is 13.2 Å². The van der Waals surface area contributed by atoms with Crippen molar-refractivity contribution >= 4 is 5.97 Å². The molecule has 1 fully saturated rings. The van der Waals surface area contributed by atoms with Crippen molar-refractivity contribution in [2.45, 2.75) is 44.7 Å². The van der Waals surface area contributed by atoms with Crippen LogP contribution in [0.4, 0.5) is 13.2 Å². The van der Waals surface area contributed by atoms with Gasteiger partial charge in [-0.2, -0.15) is 13.2 Å². The first-order valence-corrected chi connectivity index (χ1v) is 5.74. The largest absolute Gasteiger partial charge is 0.481 e. The lowest BCUT2D eigenvalue weighted by Crippen LogP contribution is -2.35. The van der Waals surface area contributed by atoms with Gasteiger partial charge in [0.1, 0.15) is 6.61 Å². The van der Waals surface area contributed by atoms with Crippen LogP contribution in [0.25, 0.3) is 0 Å². The summed E-state index contributed by atoms with van der Waals surface area (Å²) in [4.78, 5) is 11.2. The van der Waals surface area contributed by atoms with E-state index in [9.17, 15) is 23.1 Å². The number of carboxylic acids is 1. The molecule has 0 aromatic rings. The van der Waals surface area contributed by atoms with E-state index < -0.39 is 24.2 Å². The number of carboxylic acid groups (broad SMARTS) is 1. The SMILES string of the molecule is O=C(O)C1(CCOCC(F)(F)F)CCCCC1. The average molecular weight is 254 g/mol. The number of rotatable bonds is 5. The van der Waals surface area contributed by atoms with E-state index >= 15 is 0 Å². The summed E-state index contributed by atoms with van der Waals surface area (Å²) in [6.07, 6.45) is -0.452. The molecule has 1 saturated carbocycles. The minimum Gasteiger partial charge on any atom is -0.481 e. The highest BCUT2D eigenvalue weighted by molar-refractivity contribution is 5.74. The molecule has 1 rings (SSSR count). The Bertz CT molecular complexity index is 257. The Hall–Kier alpha value is -0.780. The summed E-state index contributed by atoms with van der Waals surface area (Å²) in [5.74, 6) is -0.909. The Balaban J connectivity index is 2.38. The smallest absolute Gasteiger partial charge is 0.411 e. The molecule has 17 heavy (non-hydrogen) atoms. The molecule has 3 nitrogen and oxygen atoms in total. The predicted octanol–water partition coefficient (Wildman–Crippen LogP) is 2.99. The highest BCUT2D eigenvalue weighted by atomic mass is 19.4. The summed E-state index contributed by atoms with van der Waals surface area (Å²) < 4.78 is 40.0. The van der Waals surface area contributed by atoms with Gasteiger partial charge in [-0.3, -0.25) is 4.79 Å². The van der Waals surface area contributed by atoms with Gasteiger partial charge in [0.2, 0.25) is 0 Å². The second-order valence-corrected chi connectivity index (χ2v) is 4.56. The van der Waals surface area contributed by atoms with Crippen molar-refractivity contribution in [3.05, 3.63) is 0 Å². The lowest BCUT2D eigenvalue weighted by molar-refractivity contribution is -0.177. The molecule has 0 saturated heterocycles. The van der Waals surface area contributed by atoms with Crippen molar-refractivity contribution in [3.8, 4) is 0 Å². The molecule has 0 heterocycles. The van der Waals surface area contributed by atoms with Crippen molar-refractivity contribution < 1.29 is 27.8 Å². The van der Waals surface area contributed by atoms with E-state index in [1.807, 2.05) is 0 Å². The van der Waals surface area contributed by atoms with Crippen molar-refractivity contribution in [1.82, 2.24) is 0 Å². The predicted molar refractivity (Wildman–Crippen MR) is 54.6 cm³/mol. The third-order valence-corrected chi connectivity index (χ3v) is 3.26. The summed E-state index contributed by atoms with van der Waals surface area (Å²) in [6.45, 7) is -1.45. The van der Waals surface area contributed by atoms with Crippen LogP contribution in [0.15, 0.2) is 0 Å². The first-order valence-electron chi connectivity index (χ1n) is 5.74. The van der Waals surface area contributed by atoms with Crippen molar-refractivity contribution in [1.29, 1.82) is 0 Å². The number of hydrogen-bond donors (Lipinski definition) is 1. The molecule has 1 aliphatic rings. The summed E-state index contributed by atoms with van der Waals surface area (Å²) in [5.41, 5.74) is -0.871. The fourth-order valence-electron chi connectivity index (χ4n) is 2.25. The van der Waals surface area contributed by atoms with Crippen LogP contribution in [-0.2, 0) is 9.53 Å². The standard InChI is InChI=1S/C11H17F3O3/c12-11(13,14)8-17-7-6-10(9(15)16)4-2-1-3-5-10/h1-8H2,(H,15,16). The summed E-state index contributed by atoms with van der Waals surface area (Å²) in [6, 6.07) is 0. The molecule has 0 bridgehead atoms. The molecule has 100 valence electrons. The molecule has 0 spiro atoms. The highest BCUT2D eigenvalue weighted by Gasteiger charge is 2.39. The molecule has 6 heteroatoms. The van der Waals surface area contributed by atoms with Crippen LogP contribution in [0.3, 0.4) is 0 Å². The van der Waals surface area contributed by atoms with Crippen LogP contribution < -0.4 is 0 Å². The van der Waals surface area contributed by atoms with Gasteiger partial charge >= 0.3 is 12.1 Å². The Kier molecular flexibility index (Phi) is 4.80. The van der Waals surface area contributed by atoms with Crippen LogP contribution in [0.5, 0.6) is 0 Å². The maximum Gasteiger partial charge on any atom is 0.411 e. The van der Waals surface area contributed by atoms with Gasteiger partial charge < -0.3 is 9.84 Å². The van der Waals surface area contributed by atoms with E-state index in [1.54, 1.807) is 0 Å². The fraction of sp³-hybridized carbons (Fsp3) is 0.909. The van der Waals surface area contributed by atoms with Crippen LogP contribution in [0.2, 0.25) is 0 Å². The van der Waals surface area contributed by atoms with Gasteiger partial charge in [-0.25, -0.2) is 0 Å². The summed E-state index contributed by atoms with van der Waals surface area (Å²) in [5, 5.41) is 9.17. The molecule has 0 aromatic heterocycles. The second-order valence-electron chi connectivity index (χ2n) is 4.56. The summed E-state index contributed by atoms with van der Waals surface area (Å²) in [7, 11) is 0. The maximum atomic E-state index is 11.8. The lowest BCUT2D eigenvalue weighted by atomic mass is 9.72. The van der Waals surface area contributed by atoms with Gasteiger partial charge in [-0.05, 0) is 19.3 Å². The zero-order valence-corrected chi connectivity index (χ0v) is 9.55. The molecule has 1 aliphatic carbocycles. The quantitative estimate of drug-likeness (QED) is 0.767. The van der Waals surface area contributed by atoms with E-state index in [2.05, 4.69) is 4.74 Å². The molecule has 0 radical (unpaired) electrons. The van der Waals surface area contributed by atoms with Crippen LogP contribution in [0.1, 0.15) is 38.5 Å². The molecule has 0 amide bonds. The number of hydrogen-bond acceptors (Lipinski definition) is 2. The zero-order valence-electron chi connectivity index (χ0n) is 9.55. The van der Waals surface area contributed by atoms with Crippen molar-refractivity contribution in [3.63, 3.8) is 0 Å². The number of ether oxygens (including phenoxy) is 1. The Morgan fingerprint density at radius 3 is 2.29 bits per heavy atom. The van der Waals surface area contributed by atoms with Crippen LogP contribution in [0, 0.1) is 5.41 Å². The normalized spacial score (nSPS) is 20.2. The first-order chi connectivity index (χ1) is 7.86. The minimum absolute atomic E-state index is 0.147. The van der Waals surface area contributed by atoms with E-state index in [0.29, 0.717) is 12.8 Å². The first kappa shape index (κ1) is 14.3. The van der Waals surface area contributed by atoms with Gasteiger partial charge in [-0.15, -0.1) is 0 Å². The van der Waals surface area contributed by atoms with Crippen LogP contribution >= 0.6 is 0 Å². The topological polar surface area (TPSA) is 46.5 Å². The molecule has 0 unspecified atom stereocenters. The van der Waals surface area contributed by atoms with Crippen molar-refractivity contribution in [2.24, 2.45) is 5.41 Å². The van der Waals surface area contributed by atoms with E-state index in [-0.39, 0.29) is 13.0 Å². The van der Waals surface area contributed by atoms with Gasteiger partial charge in [0.25, 0.3) is 0 Å². The second kappa shape index (κ2) is 5.71. The third-order valence-electron chi connectivity index (χ3n) is 3.26. The fourth-order valence-corrected chi connectivity index (χ4v) is 2.25. The van der Waals surface area contributed by atoms with E-state index in [1.165, 1.54) is 0 Å². The number of carbonyl (C=O) groups is 1. The average Bonchev–Trinajstić information content (AvgIpc) is 2.24.